The van der Waals surface area contributed by atoms with E-state index in [1.165, 1.54) is 0 Å². The Morgan fingerprint density at radius 3 is 1.67 bits per heavy atom. The first-order valence-electron chi connectivity index (χ1n) is 4.40. The summed E-state index contributed by atoms with van der Waals surface area (Å²) in [6.07, 6.45) is 0. The smallest absolute Gasteiger partial charge is 0.324 e. The van der Waals surface area contributed by atoms with Gasteiger partial charge in [-0.15, -0.1) is 0 Å². The highest BCUT2D eigenvalue weighted by Crippen LogP contribution is 2.29. The Morgan fingerprint density at radius 1 is 1.00 bits per heavy atom. The van der Waals surface area contributed by atoms with E-state index in [9.17, 15) is 5.11 Å². The lowest BCUT2D eigenvalue weighted by Gasteiger charge is -2.19. The van der Waals surface area contributed by atoms with Crippen molar-refractivity contribution in [2.75, 3.05) is 0 Å². The zero-order valence-corrected chi connectivity index (χ0v) is 9.94. The number of para-hydroxylation sites is 1. The number of benzene rings is 1. The van der Waals surface area contributed by atoms with Crippen LogP contribution in [-0.4, -0.2) is 19.8 Å². The normalized spacial score (nSPS) is 10.9. The quantitative estimate of drug-likeness (QED) is 0.515. The molecule has 0 saturated carbocycles. The monoisotopic (exact) mass is 232 g/mol. The molecule has 5 heteroatoms. The van der Waals surface area contributed by atoms with E-state index in [1.54, 1.807) is 6.07 Å². The van der Waals surface area contributed by atoms with E-state index >= 15 is 0 Å². The molecule has 0 saturated heterocycles. The SMILES string of the molecule is CC(C)(C)c1ccccc1O.OP(O)O. The van der Waals surface area contributed by atoms with Gasteiger partial charge in [0, 0.05) is 0 Å². The van der Waals surface area contributed by atoms with Crippen LogP contribution in [0.2, 0.25) is 0 Å². The van der Waals surface area contributed by atoms with Crippen molar-refractivity contribution in [1.82, 2.24) is 0 Å². The van der Waals surface area contributed by atoms with Crippen molar-refractivity contribution in [3.8, 4) is 5.75 Å². The van der Waals surface area contributed by atoms with E-state index in [0.717, 1.165) is 5.56 Å². The van der Waals surface area contributed by atoms with Crippen molar-refractivity contribution in [3.63, 3.8) is 0 Å². The van der Waals surface area contributed by atoms with Gasteiger partial charge < -0.3 is 19.8 Å². The van der Waals surface area contributed by atoms with Gasteiger partial charge in [0.2, 0.25) is 0 Å². The predicted molar refractivity (Wildman–Crippen MR) is 60.4 cm³/mol. The molecule has 4 N–H and O–H groups in total. The van der Waals surface area contributed by atoms with E-state index in [2.05, 4.69) is 20.8 Å². The molecule has 0 heterocycles. The van der Waals surface area contributed by atoms with Gasteiger partial charge in [-0.05, 0) is 17.0 Å². The molecular weight excluding hydrogens is 215 g/mol. The Labute approximate surface area is 90.8 Å². The Bertz CT molecular complexity index is 291. The Morgan fingerprint density at radius 2 is 1.40 bits per heavy atom. The minimum absolute atomic E-state index is 0.0331. The minimum atomic E-state index is -2.62. The van der Waals surface area contributed by atoms with Crippen LogP contribution in [0.3, 0.4) is 0 Å². The number of rotatable bonds is 0. The second-order valence-electron chi connectivity index (χ2n) is 4.04. The minimum Gasteiger partial charge on any atom is -0.508 e. The van der Waals surface area contributed by atoms with Gasteiger partial charge in [-0.2, -0.15) is 0 Å². The molecule has 0 aromatic heterocycles. The molecule has 0 amide bonds. The molecule has 0 fully saturated rings. The molecule has 0 unspecified atom stereocenters. The third-order valence-corrected chi connectivity index (χ3v) is 1.71. The molecule has 0 aliphatic rings. The summed E-state index contributed by atoms with van der Waals surface area (Å²) in [7, 11) is -2.62. The number of aromatic hydroxyl groups is 1. The lowest BCUT2D eigenvalue weighted by molar-refractivity contribution is 0.368. The van der Waals surface area contributed by atoms with Crippen LogP contribution in [-0.2, 0) is 5.41 Å². The molecule has 4 nitrogen and oxygen atoms in total. The molecule has 15 heavy (non-hydrogen) atoms. The number of hydrogen-bond acceptors (Lipinski definition) is 4. The topological polar surface area (TPSA) is 80.9 Å². The summed E-state index contributed by atoms with van der Waals surface area (Å²) in [6.45, 7) is 6.26. The summed E-state index contributed by atoms with van der Waals surface area (Å²) < 4.78 is 0. The molecule has 86 valence electrons. The maximum atomic E-state index is 9.45. The fourth-order valence-electron chi connectivity index (χ4n) is 1.11. The maximum Gasteiger partial charge on any atom is 0.324 e. The van der Waals surface area contributed by atoms with Crippen LogP contribution in [0, 0.1) is 0 Å². The Kier molecular flexibility index (Phi) is 5.76. The molecule has 1 rings (SSSR count). The zero-order valence-electron chi connectivity index (χ0n) is 9.05. The highest BCUT2D eigenvalue weighted by molar-refractivity contribution is 7.38. The summed E-state index contributed by atoms with van der Waals surface area (Å²) >= 11 is 0. The molecule has 1 aromatic carbocycles. The van der Waals surface area contributed by atoms with Crippen molar-refractivity contribution < 1.29 is 19.8 Å². The van der Waals surface area contributed by atoms with Crippen LogP contribution in [0.4, 0.5) is 0 Å². The van der Waals surface area contributed by atoms with E-state index in [1.807, 2.05) is 18.2 Å². The van der Waals surface area contributed by atoms with Crippen molar-refractivity contribution in [2.24, 2.45) is 0 Å². The first-order valence-corrected chi connectivity index (χ1v) is 5.60. The number of phenolic OH excluding ortho intramolecular Hbond substituents is 1. The van der Waals surface area contributed by atoms with Crippen LogP contribution in [0.15, 0.2) is 24.3 Å². The Hall–Kier alpha value is -0.670. The van der Waals surface area contributed by atoms with Crippen LogP contribution >= 0.6 is 8.60 Å². The molecular formula is C10H17O4P. The van der Waals surface area contributed by atoms with Gasteiger partial charge in [0.15, 0.2) is 0 Å². The average Bonchev–Trinajstić information content (AvgIpc) is 2.01. The van der Waals surface area contributed by atoms with E-state index < -0.39 is 8.60 Å². The van der Waals surface area contributed by atoms with Gasteiger partial charge in [-0.3, -0.25) is 0 Å². The molecule has 0 aliphatic carbocycles. The first kappa shape index (κ1) is 14.3. The lowest BCUT2D eigenvalue weighted by Crippen LogP contribution is -2.10. The molecule has 0 spiro atoms. The highest BCUT2D eigenvalue weighted by Gasteiger charge is 2.16. The van der Waals surface area contributed by atoms with Crippen LogP contribution in [0.1, 0.15) is 26.3 Å². The molecule has 0 radical (unpaired) electrons. The number of hydrogen-bond donors (Lipinski definition) is 4. The zero-order chi connectivity index (χ0) is 12.1. The predicted octanol–water partition coefficient (Wildman–Crippen LogP) is 1.88. The molecule has 0 bridgehead atoms. The van der Waals surface area contributed by atoms with Gasteiger partial charge in [0.05, 0.1) is 0 Å². The summed E-state index contributed by atoms with van der Waals surface area (Å²) in [6, 6.07) is 7.46. The third-order valence-electron chi connectivity index (χ3n) is 1.71. The molecule has 1 aromatic rings. The maximum absolute atomic E-state index is 9.45. The van der Waals surface area contributed by atoms with Gasteiger partial charge >= 0.3 is 8.60 Å². The molecule has 0 atom stereocenters. The summed E-state index contributed by atoms with van der Waals surface area (Å²) in [4.78, 5) is 21.7. The van der Waals surface area contributed by atoms with Gasteiger partial charge in [-0.1, -0.05) is 39.0 Å². The van der Waals surface area contributed by atoms with Crippen molar-refractivity contribution in [2.45, 2.75) is 26.2 Å². The van der Waals surface area contributed by atoms with Crippen molar-refractivity contribution in [3.05, 3.63) is 29.8 Å². The van der Waals surface area contributed by atoms with E-state index in [0.29, 0.717) is 5.75 Å². The van der Waals surface area contributed by atoms with Gasteiger partial charge in [-0.25, -0.2) is 0 Å². The Balaban J connectivity index is 0.000000423. The second kappa shape index (κ2) is 6.03. The van der Waals surface area contributed by atoms with Gasteiger partial charge in [0.1, 0.15) is 5.75 Å². The van der Waals surface area contributed by atoms with Gasteiger partial charge in [0.25, 0.3) is 0 Å². The van der Waals surface area contributed by atoms with Crippen molar-refractivity contribution >= 4 is 8.60 Å². The standard InChI is InChI=1S/C10H14O.H3O3P/c1-10(2,3)8-6-4-5-7-9(8)11;1-4(2)3/h4-7,11H,1-3H3;1-3H. The van der Waals surface area contributed by atoms with Crippen LogP contribution in [0.25, 0.3) is 0 Å². The fraction of sp³-hybridized carbons (Fsp3) is 0.400. The van der Waals surface area contributed by atoms with Crippen molar-refractivity contribution in [1.29, 1.82) is 0 Å². The van der Waals surface area contributed by atoms with Crippen LogP contribution in [0.5, 0.6) is 5.75 Å². The molecule has 0 aliphatic heterocycles. The fourth-order valence-corrected chi connectivity index (χ4v) is 1.11. The lowest BCUT2D eigenvalue weighted by atomic mass is 9.86. The summed E-state index contributed by atoms with van der Waals surface area (Å²) in [5.74, 6) is 0.389. The summed E-state index contributed by atoms with van der Waals surface area (Å²) in [5, 5.41) is 9.45. The number of phenols is 1. The van der Waals surface area contributed by atoms with E-state index in [4.69, 9.17) is 14.7 Å². The van der Waals surface area contributed by atoms with E-state index in [-0.39, 0.29) is 5.41 Å². The average molecular weight is 232 g/mol. The summed E-state index contributed by atoms with van der Waals surface area (Å²) in [5.41, 5.74) is 1.03. The first-order chi connectivity index (χ1) is 6.75. The second-order valence-corrected chi connectivity index (χ2v) is 4.57. The largest absolute Gasteiger partial charge is 0.508 e. The third kappa shape index (κ3) is 6.42. The highest BCUT2D eigenvalue weighted by atomic mass is 31.2. The van der Waals surface area contributed by atoms with Crippen LogP contribution < -0.4 is 0 Å².